The Morgan fingerprint density at radius 1 is 0.683 bits per heavy atom. The van der Waals surface area contributed by atoms with Crippen LogP contribution >= 0.6 is 0 Å². The van der Waals surface area contributed by atoms with Gasteiger partial charge in [-0.2, -0.15) is 0 Å². The number of para-hydroxylation sites is 1. The summed E-state index contributed by atoms with van der Waals surface area (Å²) in [6, 6.07) is 60.5. The van der Waals surface area contributed by atoms with E-state index in [-0.39, 0.29) is 18.1 Å². The molecule has 5 heteroatoms. The molecule has 0 bridgehead atoms. The number of nitrogens with zero attached hydrogens (tertiary/aromatic N) is 4. The van der Waals surface area contributed by atoms with Crippen LogP contribution in [0.5, 0.6) is 0 Å². The lowest BCUT2D eigenvalue weighted by Crippen LogP contribution is -2.36. The zero-order valence-corrected chi connectivity index (χ0v) is 33.6. The van der Waals surface area contributed by atoms with Gasteiger partial charge in [0.05, 0.1) is 6.04 Å². The molecule has 5 nitrogen and oxygen atoms in total. The van der Waals surface area contributed by atoms with E-state index in [0.717, 1.165) is 40.6 Å². The van der Waals surface area contributed by atoms with Crippen molar-refractivity contribution in [3.8, 4) is 0 Å². The summed E-state index contributed by atoms with van der Waals surface area (Å²) in [5, 5.41) is 5.97. The Hall–Kier alpha value is -7.50. The summed E-state index contributed by atoms with van der Waals surface area (Å²) >= 11 is 0. The fraction of sp³-hybridized carbons (Fsp3) is 0.0909. The molecule has 2 atom stereocenters. The van der Waals surface area contributed by atoms with Crippen LogP contribution < -0.4 is 15.1 Å². The number of amidine groups is 2. The Balaban J connectivity index is 0.946. The van der Waals surface area contributed by atoms with Crippen molar-refractivity contribution in [3.05, 3.63) is 246 Å². The molecule has 0 spiro atoms. The zero-order chi connectivity index (χ0) is 40.4. The molecule has 2 aliphatic heterocycles. The molecule has 10 rings (SSSR count). The largest absolute Gasteiger partial charge is 0.337 e. The van der Waals surface area contributed by atoms with Gasteiger partial charge in [-0.05, 0) is 76.5 Å². The quantitative estimate of drug-likeness (QED) is 0.141. The topological polar surface area (TPSA) is 43.2 Å². The van der Waals surface area contributed by atoms with Crippen LogP contribution in [0.15, 0.2) is 223 Å². The highest BCUT2D eigenvalue weighted by atomic mass is 15.2. The average Bonchev–Trinajstić information content (AvgIpc) is 3.65. The number of allylic oxidation sites excluding steroid dienone is 4. The molecule has 0 saturated carbocycles. The van der Waals surface area contributed by atoms with Crippen molar-refractivity contribution in [3.63, 3.8) is 0 Å². The van der Waals surface area contributed by atoms with Crippen LogP contribution in [0.4, 0.5) is 22.7 Å². The number of anilines is 4. The summed E-state index contributed by atoms with van der Waals surface area (Å²) < 4.78 is 0. The maximum Gasteiger partial charge on any atom is 0.169 e. The molecule has 0 aromatic heterocycles. The predicted octanol–water partition coefficient (Wildman–Crippen LogP) is 12.8. The van der Waals surface area contributed by atoms with Gasteiger partial charge >= 0.3 is 0 Å². The van der Waals surface area contributed by atoms with Crippen molar-refractivity contribution in [2.24, 2.45) is 9.98 Å². The van der Waals surface area contributed by atoms with E-state index in [1.54, 1.807) is 0 Å². The number of hydrogen-bond donors (Lipinski definition) is 1. The van der Waals surface area contributed by atoms with Gasteiger partial charge in [0, 0.05) is 51.7 Å². The first-order chi connectivity index (χ1) is 29.6. The molecule has 1 aliphatic carbocycles. The van der Waals surface area contributed by atoms with E-state index in [4.69, 9.17) is 9.98 Å². The van der Waals surface area contributed by atoms with Gasteiger partial charge in [-0.3, -0.25) is 0 Å². The van der Waals surface area contributed by atoms with Crippen molar-refractivity contribution >= 4 is 50.8 Å². The van der Waals surface area contributed by atoms with Gasteiger partial charge in [0.25, 0.3) is 0 Å². The molecule has 0 saturated heterocycles. The van der Waals surface area contributed by atoms with Crippen LogP contribution in [-0.4, -0.2) is 24.3 Å². The molecular weight excluding hydrogens is 731 g/mol. The lowest BCUT2D eigenvalue weighted by Gasteiger charge is -2.30. The van der Waals surface area contributed by atoms with E-state index >= 15 is 0 Å². The summed E-state index contributed by atoms with van der Waals surface area (Å²) in [6.07, 6.45) is 12.8. The van der Waals surface area contributed by atoms with E-state index in [1.807, 2.05) is 48.6 Å². The third-order valence-corrected chi connectivity index (χ3v) is 11.8. The van der Waals surface area contributed by atoms with Gasteiger partial charge in [0.1, 0.15) is 11.7 Å². The molecule has 1 N–H and O–H groups in total. The number of rotatable bonds is 10. The first kappa shape index (κ1) is 36.8. The van der Waals surface area contributed by atoms with Crippen LogP contribution in [0.2, 0.25) is 0 Å². The van der Waals surface area contributed by atoms with Crippen LogP contribution in [0.1, 0.15) is 45.5 Å². The standard InChI is InChI=1S/C55H45N5/c1-3-4-15-35-59(50-26-16-22-39-17-11-12-23-46(39)50)49-33-29-43(36-38(49)2)44-30-34-52-48(37-44)47-24-13-14-25-51(47)60(52)45-31-27-42(28-32-45)55-57-53(40-18-7-5-8-19-40)56-54(58-55)41-20-9-6-10-21-41/h3-34,36-37,48,52,55H,1,35H2,2H3,(H,56,57,58). The number of aliphatic imine (C=N–C) groups is 2. The molecule has 0 fully saturated rings. The highest BCUT2D eigenvalue weighted by Gasteiger charge is 2.38. The lowest BCUT2D eigenvalue weighted by atomic mass is 9.86. The summed E-state index contributed by atoms with van der Waals surface area (Å²) in [4.78, 5) is 15.1. The summed E-state index contributed by atoms with van der Waals surface area (Å²) in [6.45, 7) is 6.87. The number of aryl methyl sites for hydroxylation is 1. The zero-order valence-electron chi connectivity index (χ0n) is 33.6. The summed E-state index contributed by atoms with van der Waals surface area (Å²) in [5.41, 5.74) is 12.9. The van der Waals surface area contributed by atoms with Crippen LogP contribution in [0, 0.1) is 6.92 Å². The third kappa shape index (κ3) is 6.94. The fourth-order valence-electron chi connectivity index (χ4n) is 8.91. The minimum atomic E-state index is -0.373. The highest BCUT2D eigenvalue weighted by Crippen LogP contribution is 2.49. The summed E-state index contributed by atoms with van der Waals surface area (Å²) in [5.74, 6) is 1.84. The third-order valence-electron chi connectivity index (χ3n) is 11.8. The number of fused-ring (bicyclic) bond motifs is 4. The molecule has 7 aromatic carbocycles. The van der Waals surface area contributed by atoms with Crippen molar-refractivity contribution in [1.82, 2.24) is 5.32 Å². The number of hydrogen-bond acceptors (Lipinski definition) is 5. The molecule has 2 unspecified atom stereocenters. The van der Waals surface area contributed by atoms with Gasteiger partial charge in [-0.15, -0.1) is 0 Å². The normalized spacial score (nSPS) is 17.1. The second-order valence-corrected chi connectivity index (χ2v) is 15.5. The molecular formula is C55H45N5. The second-order valence-electron chi connectivity index (χ2n) is 15.5. The van der Waals surface area contributed by atoms with E-state index in [0.29, 0.717) is 0 Å². The summed E-state index contributed by atoms with van der Waals surface area (Å²) in [7, 11) is 0. The molecule has 0 amide bonds. The smallest absolute Gasteiger partial charge is 0.169 e. The monoisotopic (exact) mass is 775 g/mol. The van der Waals surface area contributed by atoms with E-state index < -0.39 is 0 Å². The fourth-order valence-corrected chi connectivity index (χ4v) is 8.91. The van der Waals surface area contributed by atoms with Crippen molar-refractivity contribution in [2.45, 2.75) is 25.0 Å². The van der Waals surface area contributed by atoms with Gasteiger partial charge in [-0.1, -0.05) is 176 Å². The molecule has 290 valence electrons. The maximum absolute atomic E-state index is 5.11. The molecule has 3 aliphatic rings. The highest BCUT2D eigenvalue weighted by molar-refractivity contribution is 6.15. The minimum Gasteiger partial charge on any atom is -0.337 e. The SMILES string of the molecule is C=CC=CCN(c1ccc(C2=CC3c4ccccc4N(c4ccc(C5N=C(c6ccccc6)NC(c6ccccc6)=N5)cc4)C3C=C2)cc1C)c1cccc2ccccc12. The minimum absolute atomic E-state index is 0.153. The van der Waals surface area contributed by atoms with Gasteiger partial charge in [0.2, 0.25) is 0 Å². The van der Waals surface area contributed by atoms with Gasteiger partial charge in [-0.25, -0.2) is 9.98 Å². The number of benzene rings is 7. The Morgan fingerprint density at radius 2 is 1.37 bits per heavy atom. The Labute approximate surface area is 352 Å². The van der Waals surface area contributed by atoms with E-state index in [9.17, 15) is 0 Å². The number of nitrogens with one attached hydrogen (secondary N) is 1. The van der Waals surface area contributed by atoms with Gasteiger partial charge in [0.15, 0.2) is 6.17 Å². The van der Waals surface area contributed by atoms with E-state index in [2.05, 4.69) is 186 Å². The Bertz CT molecular complexity index is 2810. The second kappa shape index (κ2) is 16.0. The average molecular weight is 776 g/mol. The van der Waals surface area contributed by atoms with Crippen molar-refractivity contribution in [2.75, 3.05) is 16.3 Å². The first-order valence-electron chi connectivity index (χ1n) is 20.7. The van der Waals surface area contributed by atoms with Crippen LogP contribution in [0.25, 0.3) is 16.3 Å². The first-order valence-corrected chi connectivity index (χ1v) is 20.7. The Morgan fingerprint density at radius 3 is 2.10 bits per heavy atom. The molecule has 2 heterocycles. The van der Waals surface area contributed by atoms with E-state index in [1.165, 1.54) is 50.1 Å². The van der Waals surface area contributed by atoms with Crippen molar-refractivity contribution in [1.29, 1.82) is 0 Å². The molecule has 60 heavy (non-hydrogen) atoms. The molecule has 7 aromatic rings. The predicted molar refractivity (Wildman–Crippen MR) is 252 cm³/mol. The van der Waals surface area contributed by atoms with Gasteiger partial charge < -0.3 is 15.1 Å². The van der Waals surface area contributed by atoms with Crippen LogP contribution in [0.3, 0.4) is 0 Å². The maximum atomic E-state index is 5.11. The van der Waals surface area contributed by atoms with Crippen molar-refractivity contribution < 1.29 is 0 Å². The van der Waals surface area contributed by atoms with Crippen LogP contribution in [-0.2, 0) is 0 Å². The Kier molecular flexibility index (Phi) is 9.84. The molecule has 0 radical (unpaired) electrons. The lowest BCUT2D eigenvalue weighted by molar-refractivity contribution is 0.743.